The number of halogens is 1. The summed E-state index contributed by atoms with van der Waals surface area (Å²) in [7, 11) is 1.72. The van der Waals surface area contributed by atoms with Crippen molar-refractivity contribution in [3.05, 3.63) is 28.2 Å². The summed E-state index contributed by atoms with van der Waals surface area (Å²) >= 11 is 3.23. The van der Waals surface area contributed by atoms with Crippen LogP contribution in [-0.2, 0) is 0 Å². The minimum atomic E-state index is -1.03. The summed E-state index contributed by atoms with van der Waals surface area (Å²) in [5, 5.41) is 11.7. The third kappa shape index (κ3) is 5.21. The molecule has 5 nitrogen and oxygen atoms in total. The number of urea groups is 1. The highest BCUT2D eigenvalue weighted by Crippen LogP contribution is 2.20. The second kappa shape index (κ2) is 7.28. The molecule has 0 aromatic heterocycles. The van der Waals surface area contributed by atoms with Crippen molar-refractivity contribution >= 4 is 33.6 Å². The summed E-state index contributed by atoms with van der Waals surface area (Å²) in [6, 6.07) is 4.34. The van der Waals surface area contributed by atoms with Crippen molar-refractivity contribution in [2.75, 3.05) is 18.9 Å². The number of nitrogens with zero attached hydrogens (tertiary/aromatic N) is 1. The fourth-order valence-electron chi connectivity index (χ4n) is 1.56. The predicted octanol–water partition coefficient (Wildman–Crippen LogP) is 3.66. The molecule has 6 heteroatoms. The molecule has 1 aromatic rings. The molecule has 0 aliphatic heterocycles. The van der Waals surface area contributed by atoms with Gasteiger partial charge < -0.3 is 15.3 Å². The summed E-state index contributed by atoms with van der Waals surface area (Å²) in [6.45, 7) is 4.85. The first kappa shape index (κ1) is 16.5. The topological polar surface area (TPSA) is 69.6 Å². The Morgan fingerprint density at radius 1 is 1.35 bits per heavy atom. The summed E-state index contributed by atoms with van der Waals surface area (Å²) in [4.78, 5) is 24.5. The molecule has 0 fully saturated rings. The number of amides is 2. The number of aromatic carboxylic acids is 1. The van der Waals surface area contributed by atoms with Crippen LogP contribution in [0.3, 0.4) is 0 Å². The fraction of sp³-hybridized carbons (Fsp3) is 0.429. The van der Waals surface area contributed by atoms with Crippen LogP contribution < -0.4 is 5.32 Å². The van der Waals surface area contributed by atoms with E-state index in [0.29, 0.717) is 22.6 Å². The maximum Gasteiger partial charge on any atom is 0.335 e. The van der Waals surface area contributed by atoms with Crippen LogP contribution in [-0.4, -0.2) is 35.6 Å². The molecule has 0 radical (unpaired) electrons. The van der Waals surface area contributed by atoms with Gasteiger partial charge in [0.2, 0.25) is 0 Å². The normalized spacial score (nSPS) is 10.4. The van der Waals surface area contributed by atoms with Gasteiger partial charge in [0.15, 0.2) is 0 Å². The molecule has 0 bridgehead atoms. The van der Waals surface area contributed by atoms with Gasteiger partial charge in [-0.3, -0.25) is 0 Å². The first-order valence-corrected chi connectivity index (χ1v) is 7.15. The maximum atomic E-state index is 12.0. The van der Waals surface area contributed by atoms with E-state index in [-0.39, 0.29) is 11.6 Å². The van der Waals surface area contributed by atoms with Gasteiger partial charge in [-0.2, -0.15) is 0 Å². The molecular formula is C14H19BrN2O3. The van der Waals surface area contributed by atoms with E-state index in [1.807, 2.05) is 0 Å². The van der Waals surface area contributed by atoms with Gasteiger partial charge in [0, 0.05) is 23.8 Å². The minimum absolute atomic E-state index is 0.125. The monoisotopic (exact) mass is 342 g/mol. The lowest BCUT2D eigenvalue weighted by molar-refractivity contribution is 0.0697. The Morgan fingerprint density at radius 3 is 2.55 bits per heavy atom. The molecule has 20 heavy (non-hydrogen) atoms. The Morgan fingerprint density at radius 2 is 2.00 bits per heavy atom. The van der Waals surface area contributed by atoms with Crippen LogP contribution >= 0.6 is 15.9 Å². The standard InChI is InChI=1S/C14H19BrN2O3/c1-9(2)4-5-17(3)14(20)16-12-7-10(13(18)19)6-11(15)8-12/h6-9H,4-5H2,1-3H3,(H,16,20)(H,18,19). The van der Waals surface area contributed by atoms with E-state index in [4.69, 9.17) is 5.11 Å². The van der Waals surface area contributed by atoms with Crippen LogP contribution in [0.1, 0.15) is 30.6 Å². The minimum Gasteiger partial charge on any atom is -0.478 e. The van der Waals surface area contributed by atoms with Gasteiger partial charge >= 0.3 is 12.0 Å². The molecular weight excluding hydrogens is 324 g/mol. The quantitative estimate of drug-likeness (QED) is 0.857. The molecule has 0 saturated heterocycles. The van der Waals surface area contributed by atoms with E-state index < -0.39 is 5.97 Å². The SMILES string of the molecule is CC(C)CCN(C)C(=O)Nc1cc(Br)cc(C(=O)O)c1. The number of anilines is 1. The highest BCUT2D eigenvalue weighted by Gasteiger charge is 2.12. The second-order valence-corrected chi connectivity index (χ2v) is 5.98. The van der Waals surface area contributed by atoms with Gasteiger partial charge in [-0.15, -0.1) is 0 Å². The van der Waals surface area contributed by atoms with Crippen molar-refractivity contribution in [3.8, 4) is 0 Å². The number of carbonyl (C=O) groups is 2. The van der Waals surface area contributed by atoms with E-state index in [2.05, 4.69) is 35.1 Å². The second-order valence-electron chi connectivity index (χ2n) is 5.07. The molecule has 2 N–H and O–H groups in total. The van der Waals surface area contributed by atoms with E-state index >= 15 is 0 Å². The molecule has 0 heterocycles. The number of carboxylic acids is 1. The van der Waals surface area contributed by atoms with Crippen molar-refractivity contribution in [1.82, 2.24) is 4.90 Å². The van der Waals surface area contributed by atoms with E-state index in [1.165, 1.54) is 12.1 Å². The van der Waals surface area contributed by atoms with Crippen molar-refractivity contribution in [2.45, 2.75) is 20.3 Å². The Labute approximate surface area is 127 Å². The van der Waals surface area contributed by atoms with Gasteiger partial charge in [0.05, 0.1) is 5.56 Å². The molecule has 0 aliphatic carbocycles. The van der Waals surface area contributed by atoms with Crippen LogP contribution in [0.25, 0.3) is 0 Å². The zero-order valence-electron chi connectivity index (χ0n) is 11.8. The van der Waals surface area contributed by atoms with Crippen LogP contribution in [0.2, 0.25) is 0 Å². The van der Waals surface area contributed by atoms with E-state index in [1.54, 1.807) is 18.0 Å². The summed E-state index contributed by atoms with van der Waals surface area (Å²) in [5.41, 5.74) is 0.581. The lowest BCUT2D eigenvalue weighted by Gasteiger charge is -2.19. The molecule has 2 amide bonds. The number of carbonyl (C=O) groups excluding carboxylic acids is 1. The van der Waals surface area contributed by atoms with Gasteiger partial charge in [0.25, 0.3) is 0 Å². The zero-order valence-corrected chi connectivity index (χ0v) is 13.4. The third-order valence-electron chi connectivity index (χ3n) is 2.78. The van der Waals surface area contributed by atoms with E-state index in [0.717, 1.165) is 6.42 Å². The zero-order chi connectivity index (χ0) is 15.3. The number of hydrogen-bond donors (Lipinski definition) is 2. The van der Waals surface area contributed by atoms with Crippen LogP contribution in [0.15, 0.2) is 22.7 Å². The van der Waals surface area contributed by atoms with Gasteiger partial charge in [0.1, 0.15) is 0 Å². The number of benzene rings is 1. The lowest BCUT2D eigenvalue weighted by atomic mass is 10.1. The van der Waals surface area contributed by atoms with Crippen LogP contribution in [0.4, 0.5) is 10.5 Å². The smallest absolute Gasteiger partial charge is 0.335 e. The number of carboxylic acid groups (broad SMARTS) is 1. The summed E-state index contributed by atoms with van der Waals surface area (Å²) in [5.74, 6) is -0.510. The fourth-order valence-corrected chi connectivity index (χ4v) is 2.05. The number of nitrogens with one attached hydrogen (secondary N) is 1. The van der Waals surface area contributed by atoms with Crippen LogP contribution in [0, 0.1) is 5.92 Å². The van der Waals surface area contributed by atoms with Crippen molar-refractivity contribution in [3.63, 3.8) is 0 Å². The van der Waals surface area contributed by atoms with Gasteiger partial charge in [-0.25, -0.2) is 9.59 Å². The summed E-state index contributed by atoms with van der Waals surface area (Å²) in [6.07, 6.45) is 0.919. The molecule has 1 aromatic carbocycles. The first-order chi connectivity index (χ1) is 9.29. The molecule has 1 rings (SSSR count). The maximum absolute atomic E-state index is 12.0. The average molecular weight is 343 g/mol. The van der Waals surface area contributed by atoms with Gasteiger partial charge in [-0.1, -0.05) is 29.8 Å². The molecule has 0 atom stereocenters. The highest BCUT2D eigenvalue weighted by molar-refractivity contribution is 9.10. The predicted molar refractivity (Wildman–Crippen MR) is 82.2 cm³/mol. The molecule has 0 unspecified atom stereocenters. The summed E-state index contributed by atoms with van der Waals surface area (Å²) < 4.78 is 0.609. The molecule has 110 valence electrons. The number of hydrogen-bond acceptors (Lipinski definition) is 2. The van der Waals surface area contributed by atoms with Crippen molar-refractivity contribution < 1.29 is 14.7 Å². The van der Waals surface area contributed by atoms with E-state index in [9.17, 15) is 9.59 Å². The van der Waals surface area contributed by atoms with Crippen molar-refractivity contribution in [2.24, 2.45) is 5.92 Å². The highest BCUT2D eigenvalue weighted by atomic mass is 79.9. The first-order valence-electron chi connectivity index (χ1n) is 6.35. The Kier molecular flexibility index (Phi) is 6.01. The Hall–Kier alpha value is -1.56. The van der Waals surface area contributed by atoms with Crippen LogP contribution in [0.5, 0.6) is 0 Å². The molecule has 0 saturated carbocycles. The molecule has 0 spiro atoms. The average Bonchev–Trinajstić information content (AvgIpc) is 2.34. The Balaban J connectivity index is 2.72. The third-order valence-corrected chi connectivity index (χ3v) is 3.24. The lowest BCUT2D eigenvalue weighted by Crippen LogP contribution is -2.32. The molecule has 0 aliphatic rings. The Bertz CT molecular complexity index is 503. The largest absolute Gasteiger partial charge is 0.478 e. The van der Waals surface area contributed by atoms with Crippen molar-refractivity contribution in [1.29, 1.82) is 0 Å². The number of rotatable bonds is 5. The van der Waals surface area contributed by atoms with Gasteiger partial charge in [-0.05, 0) is 30.5 Å².